The van der Waals surface area contributed by atoms with Gasteiger partial charge in [0.1, 0.15) is 11.5 Å². The Balaban J connectivity index is 2.13. The highest BCUT2D eigenvalue weighted by atomic mass is 35.5. The fourth-order valence-corrected chi connectivity index (χ4v) is 2.38. The number of aromatic nitrogens is 2. The van der Waals surface area contributed by atoms with Crippen LogP contribution in [0.4, 0.5) is 5.95 Å². The van der Waals surface area contributed by atoms with E-state index >= 15 is 0 Å². The molecule has 8 heteroatoms. The Morgan fingerprint density at radius 2 is 2.00 bits per heavy atom. The van der Waals surface area contributed by atoms with Crippen LogP contribution >= 0.6 is 11.6 Å². The lowest BCUT2D eigenvalue weighted by Crippen LogP contribution is -2.12. The molecule has 2 N–H and O–H groups in total. The summed E-state index contributed by atoms with van der Waals surface area (Å²) in [4.78, 5) is 16.1. The quantitative estimate of drug-likeness (QED) is 0.910. The Hall–Kier alpha value is -2.54. The zero-order valence-corrected chi connectivity index (χ0v) is 11.7. The number of aromatic hydroxyl groups is 1. The lowest BCUT2D eigenvalue weighted by molar-refractivity contribution is -0.117. The van der Waals surface area contributed by atoms with Crippen LogP contribution in [0.2, 0.25) is 5.02 Å². The molecule has 1 aromatic carbocycles. The van der Waals surface area contributed by atoms with E-state index in [1.807, 2.05) is 0 Å². The number of ketones is 1. The van der Waals surface area contributed by atoms with Crippen molar-refractivity contribution in [2.75, 3.05) is 0 Å². The third-order valence-corrected chi connectivity index (χ3v) is 3.44. The maximum absolute atomic E-state index is 12.0. The molecular formula is C13H10ClN5O2. The van der Waals surface area contributed by atoms with Crippen molar-refractivity contribution in [3.05, 3.63) is 40.5 Å². The van der Waals surface area contributed by atoms with Crippen molar-refractivity contribution >= 4 is 29.3 Å². The molecule has 1 atom stereocenters. The van der Waals surface area contributed by atoms with Crippen molar-refractivity contribution < 1.29 is 9.90 Å². The van der Waals surface area contributed by atoms with Crippen LogP contribution in [0.5, 0.6) is 5.88 Å². The van der Waals surface area contributed by atoms with Crippen LogP contribution in [-0.2, 0) is 4.79 Å². The number of rotatable bonds is 3. The van der Waals surface area contributed by atoms with Crippen LogP contribution in [-0.4, -0.2) is 26.4 Å². The second-order valence-corrected chi connectivity index (χ2v) is 5.01. The summed E-state index contributed by atoms with van der Waals surface area (Å²) in [5.74, 6) is -1.38. The highest BCUT2D eigenvalue weighted by molar-refractivity contribution is 6.30. The van der Waals surface area contributed by atoms with Gasteiger partial charge in [0.15, 0.2) is 0 Å². The van der Waals surface area contributed by atoms with E-state index in [1.54, 1.807) is 24.3 Å². The summed E-state index contributed by atoms with van der Waals surface area (Å²) in [7, 11) is 0. The summed E-state index contributed by atoms with van der Waals surface area (Å²) in [6.07, 6.45) is 0. The first-order chi connectivity index (χ1) is 9.99. The van der Waals surface area contributed by atoms with Crippen molar-refractivity contribution in [2.45, 2.75) is 12.8 Å². The third kappa shape index (κ3) is 2.11. The summed E-state index contributed by atoms with van der Waals surface area (Å²) in [5, 5.41) is 25.5. The molecule has 3 rings (SSSR count). The number of Topliss-reactive ketones (excluding diaryl/α,β-unsaturated/α-hetero) is 1. The van der Waals surface area contributed by atoms with Gasteiger partial charge in [-0.05, 0) is 24.6 Å². The molecule has 0 fully saturated rings. The number of carbonyl (C=O) groups is 1. The van der Waals surface area contributed by atoms with Crippen molar-refractivity contribution in [3.8, 4) is 5.88 Å². The number of fused-ring (bicyclic) bond motifs is 1. The molecule has 0 bridgehead atoms. The summed E-state index contributed by atoms with van der Waals surface area (Å²) in [6, 6.07) is 6.72. The number of azo groups is 1. The summed E-state index contributed by atoms with van der Waals surface area (Å²) < 4.78 is 1.08. The van der Waals surface area contributed by atoms with Gasteiger partial charge in [-0.15, -0.1) is 10.2 Å². The molecule has 21 heavy (non-hydrogen) atoms. The van der Waals surface area contributed by atoms with E-state index < -0.39 is 5.92 Å². The Kier molecular flexibility index (Phi) is 3.06. The van der Waals surface area contributed by atoms with Gasteiger partial charge in [0.05, 0.1) is 5.92 Å². The topological polar surface area (TPSA) is 104 Å². The van der Waals surface area contributed by atoms with Crippen molar-refractivity contribution in [3.63, 3.8) is 0 Å². The average molecular weight is 304 g/mol. The maximum atomic E-state index is 12.0. The van der Waals surface area contributed by atoms with Gasteiger partial charge in [-0.1, -0.05) is 23.7 Å². The summed E-state index contributed by atoms with van der Waals surface area (Å²) in [6.45, 7) is 1.41. The van der Waals surface area contributed by atoms with Gasteiger partial charge in [-0.3, -0.25) is 10.2 Å². The van der Waals surface area contributed by atoms with Gasteiger partial charge in [0.25, 0.3) is 11.9 Å². The molecular weight excluding hydrogens is 294 g/mol. The first kappa shape index (κ1) is 13.4. The Morgan fingerprint density at radius 1 is 1.33 bits per heavy atom. The SMILES string of the molecule is CC(=O)[C@@H](c1ccc(Cl)cc1)c1nc2n(c1O)C(=N)N=N2. The number of hydrogen-bond acceptors (Lipinski definition) is 5. The molecule has 1 aromatic heterocycles. The third-order valence-electron chi connectivity index (χ3n) is 3.19. The van der Waals surface area contributed by atoms with E-state index in [-0.39, 0.29) is 29.3 Å². The minimum absolute atomic E-state index is 0.0905. The standard InChI is InChI=1S/C13H10ClN5O2/c1-6(20)9(7-2-4-8(14)5-3-7)10-11(21)19-12(15)17-18-13(19)16-10/h2-5,9,15,21H,1H3/t9-/m0/s1. The Labute approximate surface area is 124 Å². The van der Waals surface area contributed by atoms with E-state index in [0.29, 0.717) is 10.6 Å². The molecule has 106 valence electrons. The molecule has 1 aliphatic heterocycles. The van der Waals surface area contributed by atoms with Crippen LogP contribution in [0.15, 0.2) is 34.5 Å². The zero-order chi connectivity index (χ0) is 15.1. The largest absolute Gasteiger partial charge is 0.493 e. The highest BCUT2D eigenvalue weighted by Crippen LogP contribution is 2.37. The molecule has 0 unspecified atom stereocenters. The fourth-order valence-electron chi connectivity index (χ4n) is 2.25. The van der Waals surface area contributed by atoms with Crippen molar-refractivity contribution in [1.82, 2.24) is 9.55 Å². The van der Waals surface area contributed by atoms with Gasteiger partial charge in [0.2, 0.25) is 5.88 Å². The molecule has 2 heterocycles. The minimum Gasteiger partial charge on any atom is -0.493 e. The van der Waals surface area contributed by atoms with Gasteiger partial charge < -0.3 is 5.11 Å². The number of nitrogens with zero attached hydrogens (tertiary/aromatic N) is 4. The number of imidazole rings is 1. The summed E-state index contributed by atoms with van der Waals surface area (Å²) >= 11 is 5.84. The van der Waals surface area contributed by atoms with Crippen LogP contribution in [0.25, 0.3) is 0 Å². The lowest BCUT2D eigenvalue weighted by Gasteiger charge is -2.12. The number of halogens is 1. The van der Waals surface area contributed by atoms with E-state index in [2.05, 4.69) is 15.2 Å². The normalized spacial score (nSPS) is 14.3. The molecule has 0 amide bonds. The van der Waals surface area contributed by atoms with Gasteiger partial charge >= 0.3 is 0 Å². The summed E-state index contributed by atoms with van der Waals surface area (Å²) in [5.41, 5.74) is 0.811. The first-order valence-corrected chi connectivity index (χ1v) is 6.45. The van der Waals surface area contributed by atoms with Crippen LogP contribution in [0, 0.1) is 5.41 Å². The van der Waals surface area contributed by atoms with Crippen LogP contribution < -0.4 is 0 Å². The van der Waals surface area contributed by atoms with E-state index in [0.717, 1.165) is 4.57 Å². The lowest BCUT2D eigenvalue weighted by atomic mass is 9.92. The zero-order valence-electron chi connectivity index (χ0n) is 10.9. The molecule has 1 aliphatic rings. The molecule has 0 radical (unpaired) electrons. The fraction of sp³-hybridized carbons (Fsp3) is 0.154. The number of benzene rings is 1. The van der Waals surface area contributed by atoms with Crippen molar-refractivity contribution in [1.29, 1.82) is 5.41 Å². The van der Waals surface area contributed by atoms with Gasteiger partial charge in [0, 0.05) is 5.02 Å². The number of nitrogens with one attached hydrogen (secondary N) is 1. The molecule has 0 aliphatic carbocycles. The second-order valence-electron chi connectivity index (χ2n) is 4.57. The maximum Gasteiger partial charge on any atom is 0.259 e. The molecule has 2 aromatic rings. The highest BCUT2D eigenvalue weighted by Gasteiger charge is 2.31. The molecule has 0 saturated carbocycles. The van der Waals surface area contributed by atoms with E-state index in [9.17, 15) is 9.90 Å². The van der Waals surface area contributed by atoms with Crippen LogP contribution in [0.1, 0.15) is 24.1 Å². The number of carbonyl (C=O) groups excluding carboxylic acids is 1. The average Bonchev–Trinajstić information content (AvgIpc) is 2.94. The molecule has 0 spiro atoms. The van der Waals surface area contributed by atoms with E-state index in [4.69, 9.17) is 17.0 Å². The van der Waals surface area contributed by atoms with Gasteiger partial charge in [-0.25, -0.2) is 9.55 Å². The smallest absolute Gasteiger partial charge is 0.259 e. The van der Waals surface area contributed by atoms with E-state index in [1.165, 1.54) is 6.92 Å². The first-order valence-electron chi connectivity index (χ1n) is 6.07. The predicted molar refractivity (Wildman–Crippen MR) is 75.5 cm³/mol. The Bertz CT molecular complexity index is 779. The number of hydrogen-bond donors (Lipinski definition) is 2. The molecule has 7 nitrogen and oxygen atoms in total. The van der Waals surface area contributed by atoms with Crippen molar-refractivity contribution in [2.24, 2.45) is 10.2 Å². The second kappa shape index (κ2) is 4.78. The minimum atomic E-state index is -0.747. The Morgan fingerprint density at radius 3 is 2.57 bits per heavy atom. The monoisotopic (exact) mass is 303 g/mol. The predicted octanol–water partition coefficient (Wildman–Crippen LogP) is 2.84. The van der Waals surface area contributed by atoms with Gasteiger partial charge in [-0.2, -0.15) is 0 Å². The van der Waals surface area contributed by atoms with Crippen LogP contribution in [0.3, 0.4) is 0 Å². The molecule has 0 saturated heterocycles.